The zero-order valence-electron chi connectivity index (χ0n) is 12.9. The second-order valence-corrected chi connectivity index (χ2v) is 7.14. The van der Waals surface area contributed by atoms with Crippen LogP contribution in [0.15, 0.2) is 24.3 Å². The Morgan fingerprint density at radius 2 is 2.13 bits per heavy atom. The van der Waals surface area contributed by atoms with Crippen LogP contribution in [-0.2, 0) is 16.1 Å². The highest BCUT2D eigenvalue weighted by Gasteiger charge is 2.27. The Kier molecular flexibility index (Phi) is 4.61. The van der Waals surface area contributed by atoms with E-state index in [1.165, 1.54) is 23.5 Å². The summed E-state index contributed by atoms with van der Waals surface area (Å²) in [6, 6.07) is 5.98. The maximum absolute atomic E-state index is 13.2. The predicted octanol–water partition coefficient (Wildman–Crippen LogP) is 2.96. The lowest BCUT2D eigenvalue weighted by molar-refractivity contribution is -0.132. The van der Waals surface area contributed by atoms with Crippen molar-refractivity contribution in [3.8, 4) is 0 Å². The van der Waals surface area contributed by atoms with Crippen LogP contribution in [0.1, 0.15) is 31.1 Å². The first-order chi connectivity index (χ1) is 11.0. The normalized spacial score (nSPS) is 15.9. The second kappa shape index (κ2) is 6.66. The minimum atomic E-state index is -0.546. The second-order valence-electron chi connectivity index (χ2n) is 5.97. The summed E-state index contributed by atoms with van der Waals surface area (Å²) < 4.78 is 14.2. The molecule has 2 aromatic rings. The number of halogens is 1. The Morgan fingerprint density at radius 1 is 1.35 bits per heavy atom. The molecule has 3 rings (SSSR count). The number of rotatable bonds is 5. The number of thiophene rings is 1. The third-order valence-corrected chi connectivity index (χ3v) is 5.31. The highest BCUT2D eigenvalue weighted by Crippen LogP contribution is 2.27. The van der Waals surface area contributed by atoms with Crippen molar-refractivity contribution in [2.75, 3.05) is 0 Å². The van der Waals surface area contributed by atoms with E-state index >= 15 is 0 Å². The van der Waals surface area contributed by atoms with Gasteiger partial charge in [-0.15, -0.1) is 11.3 Å². The zero-order valence-corrected chi connectivity index (χ0v) is 13.7. The van der Waals surface area contributed by atoms with Gasteiger partial charge in [-0.25, -0.2) is 4.39 Å². The van der Waals surface area contributed by atoms with Gasteiger partial charge in [0.25, 0.3) is 0 Å². The summed E-state index contributed by atoms with van der Waals surface area (Å²) in [7, 11) is 0. The predicted molar refractivity (Wildman–Crippen MR) is 88.6 cm³/mol. The van der Waals surface area contributed by atoms with Gasteiger partial charge in [0.2, 0.25) is 11.8 Å². The van der Waals surface area contributed by atoms with Crippen LogP contribution in [0.25, 0.3) is 10.1 Å². The molecule has 1 aliphatic carbocycles. The molecule has 1 aromatic heterocycles. The molecule has 2 amide bonds. The van der Waals surface area contributed by atoms with Crippen molar-refractivity contribution >= 4 is 33.2 Å². The number of hydrogen-bond acceptors (Lipinski definition) is 3. The average Bonchev–Trinajstić information content (AvgIpc) is 2.84. The lowest BCUT2D eigenvalue weighted by atomic mass is 9.84. The van der Waals surface area contributed by atoms with Gasteiger partial charge in [-0.05, 0) is 49.4 Å². The van der Waals surface area contributed by atoms with Gasteiger partial charge in [-0.1, -0.05) is 6.42 Å². The van der Waals surface area contributed by atoms with E-state index in [0.717, 1.165) is 34.2 Å². The topological polar surface area (TPSA) is 58.2 Å². The van der Waals surface area contributed by atoms with E-state index in [2.05, 4.69) is 10.6 Å². The van der Waals surface area contributed by atoms with Gasteiger partial charge in [-0.3, -0.25) is 9.59 Å². The van der Waals surface area contributed by atoms with Crippen LogP contribution >= 0.6 is 11.3 Å². The van der Waals surface area contributed by atoms with Crippen molar-refractivity contribution in [1.82, 2.24) is 10.6 Å². The van der Waals surface area contributed by atoms with Gasteiger partial charge in [0.15, 0.2) is 0 Å². The fraction of sp³-hybridized carbons (Fsp3) is 0.412. The molecule has 6 heteroatoms. The maximum atomic E-state index is 13.2. The summed E-state index contributed by atoms with van der Waals surface area (Å²) >= 11 is 1.52. The Bertz CT molecular complexity index is 739. The lowest BCUT2D eigenvalue weighted by Gasteiger charge is -2.25. The van der Waals surface area contributed by atoms with E-state index in [-0.39, 0.29) is 23.5 Å². The zero-order chi connectivity index (χ0) is 16.4. The van der Waals surface area contributed by atoms with Gasteiger partial charge < -0.3 is 10.6 Å². The summed E-state index contributed by atoms with van der Waals surface area (Å²) in [5, 5.41) is 6.41. The van der Waals surface area contributed by atoms with Crippen LogP contribution in [0, 0.1) is 11.7 Å². The first-order valence-corrected chi connectivity index (χ1v) is 8.60. The van der Waals surface area contributed by atoms with Crippen molar-refractivity contribution in [3.63, 3.8) is 0 Å². The monoisotopic (exact) mass is 334 g/mol. The molecule has 0 aliphatic heterocycles. The van der Waals surface area contributed by atoms with Crippen LogP contribution in [0.3, 0.4) is 0 Å². The molecule has 0 saturated heterocycles. The summed E-state index contributed by atoms with van der Waals surface area (Å²) in [4.78, 5) is 24.9. The molecule has 23 heavy (non-hydrogen) atoms. The number of hydrogen-bond donors (Lipinski definition) is 2. The molecule has 4 nitrogen and oxygen atoms in total. The molecule has 0 bridgehead atoms. The largest absolute Gasteiger partial charge is 0.349 e. The van der Waals surface area contributed by atoms with E-state index < -0.39 is 6.04 Å². The number of benzene rings is 1. The van der Waals surface area contributed by atoms with Crippen molar-refractivity contribution in [2.24, 2.45) is 5.92 Å². The van der Waals surface area contributed by atoms with Crippen molar-refractivity contribution in [1.29, 1.82) is 0 Å². The summed E-state index contributed by atoms with van der Waals surface area (Å²) in [6.07, 6.45) is 2.92. The molecule has 0 spiro atoms. The third-order valence-electron chi connectivity index (χ3n) is 4.19. The number of nitrogens with one attached hydrogen (secondary N) is 2. The van der Waals surface area contributed by atoms with Crippen molar-refractivity contribution in [2.45, 2.75) is 38.8 Å². The van der Waals surface area contributed by atoms with Crippen molar-refractivity contribution < 1.29 is 14.0 Å². The van der Waals surface area contributed by atoms with E-state index in [4.69, 9.17) is 0 Å². The number of amides is 2. The van der Waals surface area contributed by atoms with Gasteiger partial charge in [0.1, 0.15) is 11.9 Å². The van der Waals surface area contributed by atoms with Gasteiger partial charge in [0.05, 0.1) is 6.54 Å². The van der Waals surface area contributed by atoms with Crippen LogP contribution in [0.5, 0.6) is 0 Å². The van der Waals surface area contributed by atoms with Crippen LogP contribution in [0.2, 0.25) is 0 Å². The molecule has 1 unspecified atom stereocenters. The minimum Gasteiger partial charge on any atom is -0.349 e. The molecule has 1 saturated carbocycles. The van der Waals surface area contributed by atoms with Crippen LogP contribution in [-0.4, -0.2) is 17.9 Å². The van der Waals surface area contributed by atoms with Gasteiger partial charge >= 0.3 is 0 Å². The molecule has 1 aromatic carbocycles. The minimum absolute atomic E-state index is 0.0313. The van der Waals surface area contributed by atoms with E-state index in [9.17, 15) is 14.0 Å². The summed E-state index contributed by atoms with van der Waals surface area (Å²) in [5.74, 6) is -0.432. The molecular weight excluding hydrogens is 315 g/mol. The van der Waals surface area contributed by atoms with Gasteiger partial charge in [-0.2, -0.15) is 0 Å². The number of carbonyl (C=O) groups is 2. The summed E-state index contributed by atoms with van der Waals surface area (Å²) in [6.45, 7) is 2.07. The Hall–Kier alpha value is -1.95. The van der Waals surface area contributed by atoms with Gasteiger partial charge in [0, 0.05) is 15.5 Å². The molecule has 122 valence electrons. The highest BCUT2D eigenvalue weighted by atomic mass is 32.1. The Balaban J connectivity index is 1.53. The third kappa shape index (κ3) is 3.69. The van der Waals surface area contributed by atoms with Crippen LogP contribution < -0.4 is 10.6 Å². The highest BCUT2D eigenvalue weighted by molar-refractivity contribution is 7.19. The lowest BCUT2D eigenvalue weighted by Crippen LogP contribution is -2.47. The quantitative estimate of drug-likeness (QED) is 0.883. The number of fused-ring (bicyclic) bond motifs is 1. The fourth-order valence-electron chi connectivity index (χ4n) is 2.55. The molecule has 1 fully saturated rings. The first kappa shape index (κ1) is 15.9. The Labute approximate surface area is 138 Å². The van der Waals surface area contributed by atoms with Crippen LogP contribution in [0.4, 0.5) is 4.39 Å². The number of carbonyl (C=O) groups excluding carboxylic acids is 2. The Morgan fingerprint density at radius 3 is 2.83 bits per heavy atom. The smallest absolute Gasteiger partial charge is 0.242 e. The SMILES string of the molecule is CC(NC(=O)C1CCC1)C(=O)NCc1cc2cc(F)ccc2s1. The molecule has 0 radical (unpaired) electrons. The molecule has 1 heterocycles. The molecule has 1 atom stereocenters. The van der Waals surface area contributed by atoms with Crippen molar-refractivity contribution in [3.05, 3.63) is 35.0 Å². The average molecular weight is 334 g/mol. The first-order valence-electron chi connectivity index (χ1n) is 7.79. The maximum Gasteiger partial charge on any atom is 0.242 e. The van der Waals surface area contributed by atoms with E-state index in [0.29, 0.717) is 6.54 Å². The standard InChI is InChI=1S/C17H19FN2O2S/c1-10(20-17(22)11-3-2-4-11)16(21)19-9-14-8-12-7-13(18)5-6-15(12)23-14/h5-8,10-11H,2-4,9H2,1H3,(H,19,21)(H,20,22). The van der Waals surface area contributed by atoms with E-state index in [1.807, 2.05) is 6.07 Å². The molecular formula is C17H19FN2O2S. The fourth-order valence-corrected chi connectivity index (χ4v) is 3.54. The van der Waals surface area contributed by atoms with E-state index in [1.54, 1.807) is 13.0 Å². The molecule has 2 N–H and O–H groups in total. The molecule has 1 aliphatic rings. The summed E-state index contributed by atoms with van der Waals surface area (Å²) in [5.41, 5.74) is 0.